The van der Waals surface area contributed by atoms with E-state index in [0.717, 1.165) is 24.4 Å². The molecular formula is C19H24N4O3S2. The molecule has 9 heteroatoms. The van der Waals surface area contributed by atoms with Gasteiger partial charge in [0.2, 0.25) is 11.1 Å². The van der Waals surface area contributed by atoms with Crippen molar-refractivity contribution in [2.24, 2.45) is 0 Å². The standard InChI is InChI=1S/C19H24N4O3S2/c1-13(18(24)22(2)16-10-11-28(25,26)12-16)27-19-20-17(14-8-9-14)23(21-19)15-6-4-3-5-7-15/h3-7,13-14,16H,8-12H2,1-2H3/t13-,16+/m1/s1. The minimum atomic E-state index is -3.02. The van der Waals surface area contributed by atoms with Crippen LogP contribution in [0.25, 0.3) is 5.69 Å². The van der Waals surface area contributed by atoms with Crippen molar-refractivity contribution in [3.63, 3.8) is 0 Å². The molecule has 0 spiro atoms. The van der Waals surface area contributed by atoms with Gasteiger partial charge in [0, 0.05) is 19.0 Å². The smallest absolute Gasteiger partial charge is 0.235 e. The Balaban J connectivity index is 1.48. The van der Waals surface area contributed by atoms with Crippen molar-refractivity contribution in [2.75, 3.05) is 18.6 Å². The second-order valence-corrected chi connectivity index (χ2v) is 11.1. The fraction of sp³-hybridized carbons (Fsp3) is 0.526. The molecule has 2 fully saturated rings. The Bertz CT molecular complexity index is 970. The van der Waals surface area contributed by atoms with Gasteiger partial charge >= 0.3 is 0 Å². The number of hydrogen-bond acceptors (Lipinski definition) is 6. The predicted molar refractivity (Wildman–Crippen MR) is 108 cm³/mol. The number of rotatable bonds is 6. The molecule has 2 atom stereocenters. The number of sulfone groups is 1. The molecule has 1 aliphatic heterocycles. The van der Waals surface area contributed by atoms with E-state index in [1.807, 2.05) is 41.9 Å². The van der Waals surface area contributed by atoms with E-state index in [0.29, 0.717) is 17.5 Å². The number of carbonyl (C=O) groups excluding carboxylic acids is 1. The van der Waals surface area contributed by atoms with Crippen LogP contribution in [0.4, 0.5) is 0 Å². The summed E-state index contributed by atoms with van der Waals surface area (Å²) in [5, 5.41) is 4.85. The van der Waals surface area contributed by atoms with Crippen molar-refractivity contribution in [1.29, 1.82) is 0 Å². The van der Waals surface area contributed by atoms with Crippen LogP contribution in [0.1, 0.15) is 37.9 Å². The quantitative estimate of drug-likeness (QED) is 0.667. The second kappa shape index (κ2) is 7.51. The molecule has 0 N–H and O–H groups in total. The molecule has 0 radical (unpaired) electrons. The lowest BCUT2D eigenvalue weighted by Crippen LogP contribution is -2.41. The number of hydrogen-bond donors (Lipinski definition) is 0. The monoisotopic (exact) mass is 420 g/mol. The summed E-state index contributed by atoms with van der Waals surface area (Å²) in [7, 11) is -1.33. The highest BCUT2D eigenvalue weighted by atomic mass is 32.2. The number of para-hydroxylation sites is 1. The van der Waals surface area contributed by atoms with Crippen LogP contribution < -0.4 is 0 Å². The van der Waals surface area contributed by atoms with Gasteiger partial charge in [0.05, 0.1) is 22.4 Å². The van der Waals surface area contributed by atoms with Crippen LogP contribution in [-0.4, -0.2) is 63.8 Å². The highest BCUT2D eigenvalue weighted by molar-refractivity contribution is 8.00. The van der Waals surface area contributed by atoms with Crippen molar-refractivity contribution < 1.29 is 13.2 Å². The van der Waals surface area contributed by atoms with E-state index in [4.69, 9.17) is 4.98 Å². The fourth-order valence-corrected chi connectivity index (χ4v) is 6.11. The van der Waals surface area contributed by atoms with E-state index >= 15 is 0 Å². The molecule has 2 heterocycles. The van der Waals surface area contributed by atoms with Crippen molar-refractivity contribution in [3.05, 3.63) is 36.2 Å². The number of aromatic nitrogens is 3. The molecule has 1 saturated heterocycles. The van der Waals surface area contributed by atoms with Crippen LogP contribution >= 0.6 is 11.8 Å². The molecule has 7 nitrogen and oxygen atoms in total. The largest absolute Gasteiger partial charge is 0.341 e. The summed E-state index contributed by atoms with van der Waals surface area (Å²) in [5.41, 5.74) is 0.969. The zero-order chi connectivity index (χ0) is 19.9. The first-order valence-electron chi connectivity index (χ1n) is 9.50. The SMILES string of the molecule is C[C@@H](Sc1nc(C2CC2)n(-c2ccccc2)n1)C(=O)N(C)[C@H]1CCS(=O)(=O)C1. The minimum absolute atomic E-state index is 0.0549. The van der Waals surface area contributed by atoms with E-state index in [9.17, 15) is 13.2 Å². The molecule has 1 amide bonds. The minimum Gasteiger partial charge on any atom is -0.341 e. The number of nitrogens with zero attached hydrogens (tertiary/aromatic N) is 4. The normalized spacial score (nSPS) is 22.1. The predicted octanol–water partition coefficient (Wildman–Crippen LogP) is 2.27. The summed E-state index contributed by atoms with van der Waals surface area (Å²) in [6.07, 6.45) is 2.74. The summed E-state index contributed by atoms with van der Waals surface area (Å²) in [5.74, 6) is 1.50. The first kappa shape index (κ1) is 19.4. The molecule has 1 aromatic heterocycles. The van der Waals surface area contributed by atoms with E-state index in [-0.39, 0.29) is 28.7 Å². The van der Waals surface area contributed by atoms with Gasteiger partial charge in [-0.15, -0.1) is 5.10 Å². The molecule has 2 aliphatic rings. The van der Waals surface area contributed by atoms with Crippen molar-refractivity contribution >= 4 is 27.5 Å². The topological polar surface area (TPSA) is 85.2 Å². The zero-order valence-corrected chi connectivity index (χ0v) is 17.6. The Kier molecular flexibility index (Phi) is 5.22. The molecule has 0 unspecified atom stereocenters. The molecule has 0 bridgehead atoms. The number of thioether (sulfide) groups is 1. The van der Waals surface area contributed by atoms with Crippen molar-refractivity contribution in [2.45, 2.75) is 48.6 Å². The zero-order valence-electron chi connectivity index (χ0n) is 16.0. The summed E-state index contributed by atoms with van der Waals surface area (Å²) in [6.45, 7) is 1.83. The maximum absolute atomic E-state index is 12.8. The summed E-state index contributed by atoms with van der Waals surface area (Å²) < 4.78 is 25.3. The number of benzene rings is 1. The first-order valence-corrected chi connectivity index (χ1v) is 12.2. The first-order chi connectivity index (χ1) is 13.3. The molecule has 1 aromatic carbocycles. The van der Waals surface area contributed by atoms with Gasteiger partial charge in [-0.1, -0.05) is 30.0 Å². The number of carbonyl (C=O) groups is 1. The Labute approximate surface area is 169 Å². The Morgan fingerprint density at radius 2 is 1.96 bits per heavy atom. The van der Waals surface area contributed by atoms with Crippen LogP contribution in [0.5, 0.6) is 0 Å². The van der Waals surface area contributed by atoms with Crippen LogP contribution in [0.15, 0.2) is 35.5 Å². The average molecular weight is 421 g/mol. The maximum Gasteiger partial charge on any atom is 0.235 e. The van der Waals surface area contributed by atoms with E-state index in [2.05, 4.69) is 5.10 Å². The summed E-state index contributed by atoms with van der Waals surface area (Å²) in [6, 6.07) is 9.66. The lowest BCUT2D eigenvalue weighted by molar-refractivity contribution is -0.130. The highest BCUT2D eigenvalue weighted by Crippen LogP contribution is 2.40. The van der Waals surface area contributed by atoms with Gasteiger partial charge in [-0.3, -0.25) is 4.79 Å². The van der Waals surface area contributed by atoms with Crippen LogP contribution in [0.3, 0.4) is 0 Å². The van der Waals surface area contributed by atoms with Crippen molar-refractivity contribution in [3.8, 4) is 5.69 Å². The molecule has 4 rings (SSSR count). The highest BCUT2D eigenvalue weighted by Gasteiger charge is 2.35. The van der Waals surface area contributed by atoms with Crippen LogP contribution in [0, 0.1) is 0 Å². The van der Waals surface area contributed by atoms with E-state index in [1.165, 1.54) is 11.8 Å². The lowest BCUT2D eigenvalue weighted by atomic mass is 10.2. The molecule has 1 saturated carbocycles. The van der Waals surface area contributed by atoms with Crippen molar-refractivity contribution in [1.82, 2.24) is 19.7 Å². The molecule has 2 aromatic rings. The Hall–Kier alpha value is -1.87. The van der Waals surface area contributed by atoms with Crippen LogP contribution in [0.2, 0.25) is 0 Å². The summed E-state index contributed by atoms with van der Waals surface area (Å²) in [4.78, 5) is 19.1. The van der Waals surface area contributed by atoms with Gasteiger partial charge in [-0.05, 0) is 38.3 Å². The third kappa shape index (κ3) is 4.10. The second-order valence-electron chi connectivity index (χ2n) is 7.54. The van der Waals surface area contributed by atoms with Gasteiger partial charge in [0.25, 0.3) is 0 Å². The molecule has 1 aliphatic carbocycles. The third-order valence-electron chi connectivity index (χ3n) is 5.29. The van der Waals surface area contributed by atoms with Gasteiger partial charge in [-0.2, -0.15) is 0 Å². The average Bonchev–Trinajstić information content (AvgIpc) is 3.34. The van der Waals surface area contributed by atoms with E-state index < -0.39 is 9.84 Å². The summed E-state index contributed by atoms with van der Waals surface area (Å²) >= 11 is 1.33. The van der Waals surface area contributed by atoms with E-state index in [1.54, 1.807) is 11.9 Å². The molecular weight excluding hydrogens is 396 g/mol. The molecule has 150 valence electrons. The third-order valence-corrected chi connectivity index (χ3v) is 7.98. The van der Waals surface area contributed by atoms with Gasteiger partial charge in [-0.25, -0.2) is 18.1 Å². The Morgan fingerprint density at radius 3 is 2.57 bits per heavy atom. The van der Waals surface area contributed by atoms with Gasteiger partial charge in [0.15, 0.2) is 9.84 Å². The number of amides is 1. The lowest BCUT2D eigenvalue weighted by Gasteiger charge is -2.25. The maximum atomic E-state index is 12.8. The molecule has 28 heavy (non-hydrogen) atoms. The van der Waals surface area contributed by atoms with Gasteiger partial charge < -0.3 is 4.90 Å². The van der Waals surface area contributed by atoms with Gasteiger partial charge in [0.1, 0.15) is 5.82 Å². The fourth-order valence-electron chi connectivity index (χ4n) is 3.48. The van der Waals surface area contributed by atoms with Crippen LogP contribution in [-0.2, 0) is 14.6 Å². The Morgan fingerprint density at radius 1 is 1.25 bits per heavy atom.